The monoisotopic (exact) mass is 432 g/mol. The lowest BCUT2D eigenvalue weighted by molar-refractivity contribution is 0.208. The number of carbonyl (C=O) groups excluding carboxylic acids is 1. The quantitative estimate of drug-likeness (QED) is 0.468. The number of hydrogen-bond donors (Lipinski definition) is 1. The Morgan fingerprint density at radius 3 is 2.61 bits per heavy atom. The highest BCUT2D eigenvalue weighted by Crippen LogP contribution is 2.30. The molecule has 0 unspecified atom stereocenters. The van der Waals surface area contributed by atoms with E-state index in [0.29, 0.717) is 31.9 Å². The maximum atomic E-state index is 13.4. The van der Waals surface area contributed by atoms with Crippen LogP contribution < -0.4 is 10.2 Å². The van der Waals surface area contributed by atoms with Gasteiger partial charge in [0.15, 0.2) is 0 Å². The number of fused-ring (bicyclic) bond motifs is 1. The summed E-state index contributed by atoms with van der Waals surface area (Å²) in [5.41, 5.74) is 3.77. The smallest absolute Gasteiger partial charge is 0.321 e. The first-order valence-corrected chi connectivity index (χ1v) is 11.1. The van der Waals surface area contributed by atoms with Crippen LogP contribution in [0.3, 0.4) is 0 Å². The fourth-order valence-electron chi connectivity index (χ4n) is 3.87. The Morgan fingerprint density at radius 1 is 1.00 bits per heavy atom. The summed E-state index contributed by atoms with van der Waals surface area (Å²) in [6.07, 6.45) is 0. The number of benzene rings is 2. The van der Waals surface area contributed by atoms with Crippen molar-refractivity contribution in [1.29, 1.82) is 0 Å². The molecule has 5 nitrogen and oxygen atoms in total. The van der Waals surface area contributed by atoms with Crippen LogP contribution in [-0.4, -0.2) is 42.1 Å². The predicted molar refractivity (Wildman–Crippen MR) is 124 cm³/mol. The number of aromatic nitrogens is 1. The lowest BCUT2D eigenvalue weighted by atomic mass is 10.0. The summed E-state index contributed by atoms with van der Waals surface area (Å²) in [6, 6.07) is 18.2. The molecule has 31 heavy (non-hydrogen) atoms. The van der Waals surface area contributed by atoms with Gasteiger partial charge in [0.25, 0.3) is 0 Å². The van der Waals surface area contributed by atoms with E-state index in [9.17, 15) is 9.18 Å². The first-order valence-electron chi connectivity index (χ1n) is 10.2. The standard InChI is InChI=1S/C24H21FN4OS/c25-19-4-2-5-20(15-19)26-24(30)29-12-10-28(11-13-29)22-8-7-17-3-1-6-21(23(17)27-22)18-9-14-31-16-18/h1-9,14-16H,10-13H2,(H,26,30). The number of rotatable bonds is 3. The summed E-state index contributed by atoms with van der Waals surface area (Å²) < 4.78 is 13.4. The molecule has 1 aliphatic rings. The zero-order valence-corrected chi connectivity index (χ0v) is 17.6. The Labute approximate surface area is 183 Å². The lowest BCUT2D eigenvalue weighted by Crippen LogP contribution is -2.50. The lowest BCUT2D eigenvalue weighted by Gasteiger charge is -2.35. The average Bonchev–Trinajstić information content (AvgIpc) is 3.33. The molecule has 0 atom stereocenters. The van der Waals surface area contributed by atoms with Crippen LogP contribution in [0.5, 0.6) is 0 Å². The van der Waals surface area contributed by atoms with Crippen LogP contribution in [0.25, 0.3) is 22.0 Å². The van der Waals surface area contributed by atoms with Gasteiger partial charge in [0.05, 0.1) is 5.52 Å². The average molecular weight is 433 g/mol. The molecule has 0 aliphatic carbocycles. The van der Waals surface area contributed by atoms with Gasteiger partial charge in [-0.25, -0.2) is 14.2 Å². The second-order valence-corrected chi connectivity index (χ2v) is 8.25. The van der Waals surface area contributed by atoms with Gasteiger partial charge in [-0.05, 0) is 52.7 Å². The molecule has 1 fully saturated rings. The molecule has 1 saturated heterocycles. The Hall–Kier alpha value is -3.45. The first-order chi connectivity index (χ1) is 15.2. The normalized spacial score (nSPS) is 14.1. The Balaban J connectivity index is 1.30. The number of nitrogens with zero attached hydrogens (tertiary/aromatic N) is 3. The van der Waals surface area contributed by atoms with Crippen molar-refractivity contribution >= 4 is 39.8 Å². The number of para-hydroxylation sites is 1. The van der Waals surface area contributed by atoms with Crippen LogP contribution in [0.2, 0.25) is 0 Å². The van der Waals surface area contributed by atoms with Crippen molar-refractivity contribution in [3.05, 3.63) is 77.2 Å². The van der Waals surface area contributed by atoms with Gasteiger partial charge in [-0.3, -0.25) is 0 Å². The third-order valence-corrected chi connectivity index (χ3v) is 6.19. The van der Waals surface area contributed by atoms with Gasteiger partial charge in [-0.2, -0.15) is 11.3 Å². The molecule has 0 saturated carbocycles. The van der Waals surface area contributed by atoms with E-state index in [0.717, 1.165) is 22.3 Å². The molecule has 2 aromatic carbocycles. The molecule has 4 aromatic rings. The molecule has 0 radical (unpaired) electrons. The molecule has 7 heteroatoms. The van der Waals surface area contributed by atoms with Crippen molar-refractivity contribution in [1.82, 2.24) is 9.88 Å². The van der Waals surface area contributed by atoms with E-state index in [1.807, 2.05) is 6.07 Å². The van der Waals surface area contributed by atoms with Crippen LogP contribution in [0.1, 0.15) is 0 Å². The molecule has 3 heterocycles. The van der Waals surface area contributed by atoms with Gasteiger partial charge >= 0.3 is 6.03 Å². The molecule has 1 aliphatic heterocycles. The fourth-order valence-corrected chi connectivity index (χ4v) is 4.53. The molecule has 156 valence electrons. The van der Waals surface area contributed by atoms with Crippen molar-refractivity contribution in [3.63, 3.8) is 0 Å². The largest absolute Gasteiger partial charge is 0.353 e. The van der Waals surface area contributed by atoms with Gasteiger partial charge in [0, 0.05) is 42.8 Å². The number of urea groups is 1. The zero-order valence-electron chi connectivity index (χ0n) is 16.8. The van der Waals surface area contributed by atoms with Crippen molar-refractivity contribution in [2.45, 2.75) is 0 Å². The predicted octanol–water partition coefficient (Wildman–Crippen LogP) is 5.46. The number of pyridine rings is 1. The van der Waals surface area contributed by atoms with Crippen LogP contribution in [-0.2, 0) is 0 Å². The molecule has 0 spiro atoms. The van der Waals surface area contributed by atoms with Crippen molar-refractivity contribution in [2.75, 3.05) is 36.4 Å². The van der Waals surface area contributed by atoms with Crippen LogP contribution in [0.4, 0.5) is 20.7 Å². The molecule has 2 aromatic heterocycles. The van der Waals surface area contributed by atoms with E-state index in [1.165, 1.54) is 17.7 Å². The third kappa shape index (κ3) is 4.09. The maximum Gasteiger partial charge on any atom is 0.321 e. The molecule has 1 N–H and O–H groups in total. The summed E-state index contributed by atoms with van der Waals surface area (Å²) in [7, 11) is 0. The minimum atomic E-state index is -0.369. The second-order valence-electron chi connectivity index (χ2n) is 7.47. The Morgan fingerprint density at radius 2 is 1.84 bits per heavy atom. The van der Waals surface area contributed by atoms with Gasteiger partial charge in [-0.15, -0.1) is 0 Å². The summed E-state index contributed by atoms with van der Waals surface area (Å²) in [5, 5.41) is 8.09. The number of nitrogens with one attached hydrogen (secondary N) is 1. The molecular formula is C24H21FN4OS. The van der Waals surface area contributed by atoms with Crippen molar-refractivity contribution in [3.8, 4) is 11.1 Å². The Kier molecular flexibility index (Phi) is 5.26. The number of amides is 2. The third-order valence-electron chi connectivity index (χ3n) is 5.50. The van der Waals surface area contributed by atoms with Crippen LogP contribution >= 0.6 is 11.3 Å². The van der Waals surface area contributed by atoms with Gasteiger partial charge < -0.3 is 15.1 Å². The van der Waals surface area contributed by atoms with Crippen LogP contribution in [0, 0.1) is 5.82 Å². The number of anilines is 2. The summed E-state index contributed by atoms with van der Waals surface area (Å²) in [6.45, 7) is 2.53. The number of halogens is 1. The van der Waals surface area contributed by atoms with Gasteiger partial charge in [-0.1, -0.05) is 24.3 Å². The van der Waals surface area contributed by atoms with E-state index in [-0.39, 0.29) is 11.8 Å². The minimum absolute atomic E-state index is 0.212. The van der Waals surface area contributed by atoms with Crippen molar-refractivity contribution in [2.24, 2.45) is 0 Å². The fraction of sp³-hybridized carbons (Fsp3) is 0.167. The topological polar surface area (TPSA) is 48.5 Å². The van der Waals surface area contributed by atoms with Crippen molar-refractivity contribution < 1.29 is 9.18 Å². The summed E-state index contributed by atoms with van der Waals surface area (Å²) in [5.74, 6) is 0.548. The van der Waals surface area contributed by atoms with Gasteiger partial charge in [0.2, 0.25) is 0 Å². The highest BCUT2D eigenvalue weighted by atomic mass is 32.1. The minimum Gasteiger partial charge on any atom is -0.353 e. The second kappa shape index (κ2) is 8.35. The van der Waals surface area contributed by atoms with Crippen LogP contribution in [0.15, 0.2) is 71.4 Å². The van der Waals surface area contributed by atoms with E-state index in [1.54, 1.807) is 28.4 Å². The van der Waals surface area contributed by atoms with Gasteiger partial charge in [0.1, 0.15) is 11.6 Å². The van der Waals surface area contributed by atoms with E-state index < -0.39 is 0 Å². The highest BCUT2D eigenvalue weighted by Gasteiger charge is 2.22. The highest BCUT2D eigenvalue weighted by molar-refractivity contribution is 7.08. The Bertz CT molecular complexity index is 1220. The molecule has 0 bridgehead atoms. The van der Waals surface area contributed by atoms with E-state index in [2.05, 4.69) is 51.3 Å². The SMILES string of the molecule is O=C(Nc1cccc(F)c1)N1CCN(c2ccc3cccc(-c4ccsc4)c3n2)CC1. The molecule has 2 amide bonds. The number of thiophene rings is 1. The first kappa shape index (κ1) is 19.5. The maximum absolute atomic E-state index is 13.4. The van der Waals surface area contributed by atoms with E-state index >= 15 is 0 Å². The summed E-state index contributed by atoms with van der Waals surface area (Å²) in [4.78, 5) is 21.5. The number of piperazine rings is 1. The molecule has 5 rings (SSSR count). The summed E-state index contributed by atoms with van der Waals surface area (Å²) >= 11 is 1.68. The van der Waals surface area contributed by atoms with E-state index in [4.69, 9.17) is 4.98 Å². The zero-order chi connectivity index (χ0) is 21.2. The number of hydrogen-bond acceptors (Lipinski definition) is 4. The number of carbonyl (C=O) groups is 1. The molecular weight excluding hydrogens is 411 g/mol.